The third kappa shape index (κ3) is 5.18. The Morgan fingerprint density at radius 1 is 1.00 bits per heavy atom. The van der Waals surface area contributed by atoms with Gasteiger partial charge in [0.25, 0.3) is 0 Å². The van der Waals surface area contributed by atoms with Crippen molar-refractivity contribution in [2.45, 2.75) is 36.7 Å². The normalized spacial score (nSPS) is 13.3. The van der Waals surface area contributed by atoms with Crippen LogP contribution in [0.1, 0.15) is 24.8 Å². The Hall–Kier alpha value is -2.14. The Labute approximate surface area is 159 Å². The number of rotatable bonds is 9. The van der Waals surface area contributed by atoms with E-state index in [9.17, 15) is 4.79 Å². The zero-order valence-electron chi connectivity index (χ0n) is 15.3. The van der Waals surface area contributed by atoms with Crippen LogP contribution >= 0.6 is 11.8 Å². The van der Waals surface area contributed by atoms with Gasteiger partial charge in [-0.15, -0.1) is 11.8 Å². The van der Waals surface area contributed by atoms with Crippen LogP contribution in [0.25, 0.3) is 0 Å². The average Bonchev–Trinajstić information content (AvgIpc) is 3.52. The number of thioether (sulfide) groups is 1. The smallest absolute Gasteiger partial charge is 0.223 e. The van der Waals surface area contributed by atoms with Gasteiger partial charge in [-0.3, -0.25) is 4.79 Å². The van der Waals surface area contributed by atoms with Crippen LogP contribution in [-0.4, -0.2) is 36.8 Å². The fourth-order valence-corrected chi connectivity index (χ4v) is 3.65. The van der Waals surface area contributed by atoms with Crippen molar-refractivity contribution in [1.29, 1.82) is 0 Å². The Morgan fingerprint density at radius 2 is 1.58 bits per heavy atom. The molecule has 1 amide bonds. The molecule has 26 heavy (non-hydrogen) atoms. The lowest BCUT2D eigenvalue weighted by Crippen LogP contribution is -2.32. The van der Waals surface area contributed by atoms with Gasteiger partial charge in [-0.1, -0.05) is 12.1 Å². The van der Waals surface area contributed by atoms with Gasteiger partial charge in [-0.2, -0.15) is 0 Å². The summed E-state index contributed by atoms with van der Waals surface area (Å²) >= 11 is 1.71. The Kier molecular flexibility index (Phi) is 6.45. The lowest BCUT2D eigenvalue weighted by molar-refractivity contribution is -0.131. The molecule has 0 unspecified atom stereocenters. The summed E-state index contributed by atoms with van der Waals surface area (Å²) in [5.41, 5.74) is 1.15. The minimum atomic E-state index is 0.240. The van der Waals surface area contributed by atoms with E-state index in [1.807, 2.05) is 53.4 Å². The second-order valence-corrected chi connectivity index (χ2v) is 7.54. The van der Waals surface area contributed by atoms with E-state index >= 15 is 0 Å². The van der Waals surface area contributed by atoms with Crippen molar-refractivity contribution in [3.05, 3.63) is 54.1 Å². The molecule has 1 aliphatic rings. The van der Waals surface area contributed by atoms with E-state index < -0.39 is 0 Å². The second-order valence-electron chi connectivity index (χ2n) is 6.37. The molecular formula is C21H25NO3S. The number of hydrogen-bond acceptors (Lipinski definition) is 4. The van der Waals surface area contributed by atoms with E-state index in [1.54, 1.807) is 26.0 Å². The van der Waals surface area contributed by atoms with Crippen LogP contribution in [-0.2, 0) is 11.3 Å². The van der Waals surface area contributed by atoms with Crippen LogP contribution < -0.4 is 9.47 Å². The monoisotopic (exact) mass is 371 g/mol. The van der Waals surface area contributed by atoms with Crippen molar-refractivity contribution in [1.82, 2.24) is 4.90 Å². The van der Waals surface area contributed by atoms with Crippen molar-refractivity contribution in [2.24, 2.45) is 0 Å². The molecule has 0 saturated heterocycles. The minimum Gasteiger partial charge on any atom is -0.497 e. The van der Waals surface area contributed by atoms with E-state index in [2.05, 4.69) is 0 Å². The number of carbonyl (C=O) groups is 1. The largest absolute Gasteiger partial charge is 0.497 e. The highest BCUT2D eigenvalue weighted by atomic mass is 32.2. The molecule has 2 aromatic rings. The Morgan fingerprint density at radius 3 is 2.12 bits per heavy atom. The number of carbonyl (C=O) groups excluding carboxylic acids is 1. The number of methoxy groups -OCH3 is 2. The zero-order valence-corrected chi connectivity index (χ0v) is 16.1. The van der Waals surface area contributed by atoms with Crippen molar-refractivity contribution in [2.75, 3.05) is 20.0 Å². The van der Waals surface area contributed by atoms with Crippen LogP contribution in [0.4, 0.5) is 0 Å². The molecule has 0 spiro atoms. The third-order valence-electron chi connectivity index (χ3n) is 4.46. The zero-order chi connectivity index (χ0) is 18.4. The summed E-state index contributed by atoms with van der Waals surface area (Å²) in [6, 6.07) is 16.3. The van der Waals surface area contributed by atoms with Gasteiger partial charge in [0.15, 0.2) is 0 Å². The van der Waals surface area contributed by atoms with Gasteiger partial charge in [0.1, 0.15) is 11.5 Å². The first-order valence-corrected chi connectivity index (χ1v) is 9.87. The van der Waals surface area contributed by atoms with E-state index in [0.717, 1.165) is 40.6 Å². The van der Waals surface area contributed by atoms with E-state index in [0.29, 0.717) is 19.0 Å². The standard InChI is InChI=1S/C21H25NO3S/c1-24-18-7-3-16(4-8-18)15-22(17-5-6-17)21(23)13-14-26-20-11-9-19(25-2)10-12-20/h3-4,7-12,17H,5-6,13-15H2,1-2H3. The number of nitrogens with zero attached hydrogens (tertiary/aromatic N) is 1. The number of amides is 1. The predicted octanol–water partition coefficient (Wildman–Crippen LogP) is 4.38. The van der Waals surface area contributed by atoms with Crippen molar-refractivity contribution >= 4 is 17.7 Å². The topological polar surface area (TPSA) is 38.8 Å². The maximum atomic E-state index is 12.7. The predicted molar refractivity (Wildman–Crippen MR) is 105 cm³/mol. The van der Waals surface area contributed by atoms with Crippen LogP contribution in [0.5, 0.6) is 11.5 Å². The molecule has 0 heterocycles. The fraction of sp³-hybridized carbons (Fsp3) is 0.381. The minimum absolute atomic E-state index is 0.240. The van der Waals surface area contributed by atoms with Gasteiger partial charge in [0.2, 0.25) is 5.91 Å². The van der Waals surface area contributed by atoms with Gasteiger partial charge in [-0.05, 0) is 54.8 Å². The molecule has 4 nitrogen and oxygen atoms in total. The molecule has 0 bridgehead atoms. The fourth-order valence-electron chi connectivity index (χ4n) is 2.81. The molecule has 1 aliphatic carbocycles. The highest BCUT2D eigenvalue weighted by Crippen LogP contribution is 2.30. The molecule has 3 rings (SSSR count). The Bertz CT molecular complexity index is 711. The quantitative estimate of drug-likeness (QED) is 0.613. The molecule has 138 valence electrons. The summed E-state index contributed by atoms with van der Waals surface area (Å²) in [4.78, 5) is 15.9. The Balaban J connectivity index is 1.51. The van der Waals surface area contributed by atoms with Gasteiger partial charge < -0.3 is 14.4 Å². The third-order valence-corrected chi connectivity index (χ3v) is 5.48. The van der Waals surface area contributed by atoms with E-state index in [-0.39, 0.29) is 5.91 Å². The first-order valence-electron chi connectivity index (χ1n) is 8.89. The molecule has 1 fully saturated rings. The molecular weight excluding hydrogens is 346 g/mol. The van der Waals surface area contributed by atoms with E-state index in [1.165, 1.54) is 0 Å². The van der Waals surface area contributed by atoms with Crippen LogP contribution in [0, 0.1) is 0 Å². The van der Waals surface area contributed by atoms with Crippen LogP contribution in [0.2, 0.25) is 0 Å². The maximum Gasteiger partial charge on any atom is 0.223 e. The maximum absolute atomic E-state index is 12.7. The molecule has 5 heteroatoms. The van der Waals surface area contributed by atoms with Crippen molar-refractivity contribution < 1.29 is 14.3 Å². The second kappa shape index (κ2) is 8.99. The van der Waals surface area contributed by atoms with Crippen molar-refractivity contribution in [3.8, 4) is 11.5 Å². The average molecular weight is 372 g/mol. The molecule has 0 aliphatic heterocycles. The molecule has 0 aromatic heterocycles. The molecule has 0 N–H and O–H groups in total. The molecule has 0 atom stereocenters. The first kappa shape index (κ1) is 18.6. The van der Waals surface area contributed by atoms with Gasteiger partial charge >= 0.3 is 0 Å². The summed E-state index contributed by atoms with van der Waals surface area (Å²) in [6.45, 7) is 0.681. The van der Waals surface area contributed by atoms with Gasteiger partial charge in [0.05, 0.1) is 14.2 Å². The summed E-state index contributed by atoms with van der Waals surface area (Å²) in [5, 5.41) is 0. The highest BCUT2D eigenvalue weighted by Gasteiger charge is 2.32. The van der Waals surface area contributed by atoms with Crippen molar-refractivity contribution in [3.63, 3.8) is 0 Å². The SMILES string of the molecule is COc1ccc(CN(C(=O)CCSc2ccc(OC)cc2)C2CC2)cc1. The number of hydrogen-bond donors (Lipinski definition) is 0. The van der Waals surface area contributed by atoms with Gasteiger partial charge in [0, 0.05) is 29.7 Å². The van der Waals surface area contributed by atoms with Gasteiger partial charge in [-0.25, -0.2) is 0 Å². The molecule has 0 radical (unpaired) electrons. The summed E-state index contributed by atoms with van der Waals surface area (Å²) in [5.74, 6) is 2.72. The van der Waals surface area contributed by atoms with Crippen LogP contribution in [0.15, 0.2) is 53.4 Å². The van der Waals surface area contributed by atoms with Crippen LogP contribution in [0.3, 0.4) is 0 Å². The number of ether oxygens (including phenoxy) is 2. The number of benzene rings is 2. The summed E-state index contributed by atoms with van der Waals surface area (Å²) in [7, 11) is 3.33. The first-order chi connectivity index (χ1) is 12.7. The molecule has 2 aromatic carbocycles. The summed E-state index contributed by atoms with van der Waals surface area (Å²) < 4.78 is 10.4. The summed E-state index contributed by atoms with van der Waals surface area (Å²) in [6.07, 6.45) is 2.80. The molecule has 1 saturated carbocycles. The lowest BCUT2D eigenvalue weighted by Gasteiger charge is -2.22. The lowest BCUT2D eigenvalue weighted by atomic mass is 10.2. The highest BCUT2D eigenvalue weighted by molar-refractivity contribution is 7.99. The van der Waals surface area contributed by atoms with E-state index in [4.69, 9.17) is 9.47 Å².